The molecule has 0 aliphatic carbocycles. The van der Waals surface area contributed by atoms with E-state index in [9.17, 15) is 4.79 Å². The molecule has 3 heterocycles. The first kappa shape index (κ1) is 13.8. The molecule has 2 aromatic heterocycles. The van der Waals surface area contributed by atoms with Crippen molar-refractivity contribution in [2.24, 2.45) is 0 Å². The van der Waals surface area contributed by atoms with Crippen LogP contribution in [0.15, 0.2) is 64.3 Å². The van der Waals surface area contributed by atoms with E-state index in [2.05, 4.69) is 22.3 Å². The van der Waals surface area contributed by atoms with E-state index in [0.29, 0.717) is 24.5 Å². The monoisotopic (exact) mass is 309 g/mol. The molecular formula is C17H15N3O3. The van der Waals surface area contributed by atoms with Crippen LogP contribution in [0.1, 0.15) is 33.6 Å². The molecule has 0 radical (unpaired) electrons. The third kappa shape index (κ3) is 2.52. The van der Waals surface area contributed by atoms with Crippen LogP contribution in [0, 0.1) is 0 Å². The molecule has 1 amide bonds. The lowest BCUT2D eigenvalue weighted by molar-refractivity contribution is 0.0788. The zero-order chi connectivity index (χ0) is 15.6. The van der Waals surface area contributed by atoms with Crippen molar-refractivity contribution in [3.63, 3.8) is 0 Å². The van der Waals surface area contributed by atoms with E-state index in [4.69, 9.17) is 8.94 Å². The van der Waals surface area contributed by atoms with Gasteiger partial charge in [-0.3, -0.25) is 4.79 Å². The Hall–Kier alpha value is -2.89. The van der Waals surface area contributed by atoms with Gasteiger partial charge < -0.3 is 13.8 Å². The lowest BCUT2D eigenvalue weighted by atomic mass is 9.88. The molecule has 2 atom stereocenters. The third-order valence-corrected chi connectivity index (χ3v) is 4.31. The number of carbonyl (C=O) groups excluding carboxylic acids is 1. The zero-order valence-corrected chi connectivity index (χ0v) is 12.3. The van der Waals surface area contributed by atoms with Gasteiger partial charge in [0.05, 0.1) is 11.8 Å². The first-order valence-corrected chi connectivity index (χ1v) is 7.45. The van der Waals surface area contributed by atoms with Crippen molar-refractivity contribution in [3.8, 4) is 0 Å². The molecule has 0 N–H and O–H groups in total. The van der Waals surface area contributed by atoms with E-state index in [0.717, 1.165) is 0 Å². The van der Waals surface area contributed by atoms with Gasteiger partial charge in [-0.25, -0.2) is 0 Å². The van der Waals surface area contributed by atoms with Gasteiger partial charge in [0.1, 0.15) is 6.26 Å². The van der Waals surface area contributed by atoms with Crippen molar-refractivity contribution >= 4 is 5.91 Å². The summed E-state index contributed by atoms with van der Waals surface area (Å²) in [6.07, 6.45) is 4.31. The second-order valence-electron chi connectivity index (χ2n) is 5.64. The molecule has 6 heteroatoms. The Kier molecular flexibility index (Phi) is 3.42. The van der Waals surface area contributed by atoms with E-state index in [1.54, 1.807) is 6.07 Å². The van der Waals surface area contributed by atoms with Crippen LogP contribution in [-0.4, -0.2) is 34.0 Å². The lowest BCUT2D eigenvalue weighted by Crippen LogP contribution is -2.28. The maximum Gasteiger partial charge on any atom is 0.257 e. The number of aromatic nitrogens is 2. The number of amides is 1. The van der Waals surface area contributed by atoms with Gasteiger partial charge in [-0.15, -0.1) is 0 Å². The predicted octanol–water partition coefficient (Wildman–Crippen LogP) is 2.69. The molecule has 3 aromatic rings. The Labute approximate surface area is 132 Å². The van der Waals surface area contributed by atoms with Crippen LogP contribution >= 0.6 is 0 Å². The maximum absolute atomic E-state index is 12.6. The summed E-state index contributed by atoms with van der Waals surface area (Å²) < 4.78 is 9.92. The number of rotatable bonds is 3. The van der Waals surface area contributed by atoms with E-state index >= 15 is 0 Å². The normalized spacial score (nSPS) is 20.8. The lowest BCUT2D eigenvalue weighted by Gasteiger charge is -2.15. The summed E-state index contributed by atoms with van der Waals surface area (Å²) in [6, 6.07) is 11.8. The fourth-order valence-electron chi connectivity index (χ4n) is 3.18. The summed E-state index contributed by atoms with van der Waals surface area (Å²) in [5.74, 6) is 0.767. The molecular weight excluding hydrogens is 294 g/mol. The van der Waals surface area contributed by atoms with Gasteiger partial charge in [-0.1, -0.05) is 35.5 Å². The van der Waals surface area contributed by atoms with Gasteiger partial charge in [0.25, 0.3) is 5.91 Å². The molecule has 23 heavy (non-hydrogen) atoms. The maximum atomic E-state index is 12.6. The highest BCUT2D eigenvalue weighted by molar-refractivity contribution is 5.94. The van der Waals surface area contributed by atoms with Gasteiger partial charge in [0, 0.05) is 24.9 Å². The van der Waals surface area contributed by atoms with Crippen molar-refractivity contribution in [3.05, 3.63) is 72.3 Å². The minimum atomic E-state index is -0.0364. The topological polar surface area (TPSA) is 72.4 Å². The molecule has 1 aliphatic heterocycles. The van der Waals surface area contributed by atoms with Gasteiger partial charge in [0.2, 0.25) is 6.39 Å². The number of nitrogens with zero attached hydrogens (tertiary/aromatic N) is 3. The van der Waals surface area contributed by atoms with E-state index < -0.39 is 0 Å². The fourth-order valence-corrected chi connectivity index (χ4v) is 3.18. The molecule has 0 spiro atoms. The molecule has 116 valence electrons. The van der Waals surface area contributed by atoms with Crippen molar-refractivity contribution in [1.29, 1.82) is 0 Å². The number of benzene rings is 1. The molecule has 1 aliphatic rings. The van der Waals surface area contributed by atoms with E-state index in [1.165, 1.54) is 24.5 Å². The van der Waals surface area contributed by atoms with Gasteiger partial charge in [0.15, 0.2) is 5.82 Å². The van der Waals surface area contributed by atoms with Crippen LogP contribution in [0.4, 0.5) is 0 Å². The Morgan fingerprint density at radius 3 is 2.65 bits per heavy atom. The Bertz CT molecular complexity index is 769. The molecule has 1 fully saturated rings. The molecule has 0 saturated carbocycles. The highest BCUT2D eigenvalue weighted by atomic mass is 16.5. The Morgan fingerprint density at radius 1 is 1.13 bits per heavy atom. The summed E-state index contributed by atoms with van der Waals surface area (Å²) >= 11 is 0. The van der Waals surface area contributed by atoms with Crippen molar-refractivity contribution in [2.75, 3.05) is 13.1 Å². The van der Waals surface area contributed by atoms with Gasteiger partial charge in [-0.2, -0.15) is 4.98 Å². The van der Waals surface area contributed by atoms with Gasteiger partial charge in [-0.05, 0) is 11.6 Å². The van der Waals surface area contributed by atoms with Crippen LogP contribution in [0.3, 0.4) is 0 Å². The molecule has 0 unspecified atom stereocenters. The number of hydrogen-bond donors (Lipinski definition) is 0. The zero-order valence-electron chi connectivity index (χ0n) is 12.3. The Balaban J connectivity index is 1.65. The van der Waals surface area contributed by atoms with E-state index in [-0.39, 0.29) is 17.7 Å². The van der Waals surface area contributed by atoms with Crippen LogP contribution in [0.2, 0.25) is 0 Å². The smallest absolute Gasteiger partial charge is 0.257 e. The van der Waals surface area contributed by atoms with Crippen LogP contribution < -0.4 is 0 Å². The average Bonchev–Trinajstić information content (AvgIpc) is 3.35. The molecule has 6 nitrogen and oxygen atoms in total. The minimum absolute atomic E-state index is 0.0204. The quantitative estimate of drug-likeness (QED) is 0.744. The van der Waals surface area contributed by atoms with Crippen LogP contribution in [0.5, 0.6) is 0 Å². The van der Waals surface area contributed by atoms with Crippen LogP contribution in [0.25, 0.3) is 0 Å². The number of carbonyl (C=O) groups is 1. The summed E-state index contributed by atoms with van der Waals surface area (Å²) in [4.78, 5) is 18.6. The Morgan fingerprint density at radius 2 is 1.96 bits per heavy atom. The summed E-state index contributed by atoms with van der Waals surface area (Å²) in [6.45, 7) is 1.18. The second kappa shape index (κ2) is 5.72. The van der Waals surface area contributed by atoms with Crippen LogP contribution in [-0.2, 0) is 0 Å². The number of likely N-dealkylation sites (tertiary alicyclic amines) is 1. The number of hydrogen-bond acceptors (Lipinski definition) is 5. The largest absolute Gasteiger partial charge is 0.472 e. The fraction of sp³-hybridized carbons (Fsp3) is 0.235. The first-order chi connectivity index (χ1) is 11.3. The predicted molar refractivity (Wildman–Crippen MR) is 80.8 cm³/mol. The van der Waals surface area contributed by atoms with E-state index in [1.807, 2.05) is 23.1 Å². The summed E-state index contributed by atoms with van der Waals surface area (Å²) in [5, 5.41) is 3.99. The average molecular weight is 309 g/mol. The van der Waals surface area contributed by atoms with Gasteiger partial charge >= 0.3 is 0 Å². The van der Waals surface area contributed by atoms with Crippen molar-refractivity contribution in [1.82, 2.24) is 15.0 Å². The third-order valence-electron chi connectivity index (χ3n) is 4.31. The minimum Gasteiger partial charge on any atom is -0.472 e. The first-order valence-electron chi connectivity index (χ1n) is 7.45. The molecule has 1 aromatic carbocycles. The standard InChI is InChI=1S/C17H15N3O3/c21-17(13-6-7-22-10-13)20-8-14(12-4-2-1-3-5-12)15(9-20)16-18-11-23-19-16/h1-7,10-11,14-15H,8-9H2/t14-,15+/m0/s1. The highest BCUT2D eigenvalue weighted by Gasteiger charge is 2.39. The van der Waals surface area contributed by atoms with Crippen molar-refractivity contribution < 1.29 is 13.7 Å². The van der Waals surface area contributed by atoms with Crippen molar-refractivity contribution in [2.45, 2.75) is 11.8 Å². The second-order valence-corrected chi connectivity index (χ2v) is 5.64. The summed E-state index contributed by atoms with van der Waals surface area (Å²) in [5.41, 5.74) is 1.73. The highest BCUT2D eigenvalue weighted by Crippen LogP contribution is 2.38. The molecule has 4 rings (SSSR count). The molecule has 1 saturated heterocycles. The number of furan rings is 1. The SMILES string of the molecule is O=C(c1ccoc1)N1C[C@@H](c2ccccc2)[C@H](c2ncon2)C1. The molecule has 0 bridgehead atoms. The summed E-state index contributed by atoms with van der Waals surface area (Å²) in [7, 11) is 0.